The van der Waals surface area contributed by atoms with Gasteiger partial charge in [0.1, 0.15) is 5.92 Å². The number of amides is 1. The van der Waals surface area contributed by atoms with Gasteiger partial charge in [-0.05, 0) is 31.0 Å². The van der Waals surface area contributed by atoms with Crippen LogP contribution in [0.1, 0.15) is 44.0 Å². The van der Waals surface area contributed by atoms with Crippen molar-refractivity contribution in [2.24, 2.45) is 10.9 Å². The van der Waals surface area contributed by atoms with Gasteiger partial charge in [-0.1, -0.05) is 42.6 Å². The van der Waals surface area contributed by atoms with E-state index in [1.165, 1.54) is 25.1 Å². The van der Waals surface area contributed by atoms with Crippen LogP contribution < -0.4 is 0 Å². The van der Waals surface area contributed by atoms with E-state index in [9.17, 15) is 26.4 Å². The first kappa shape index (κ1) is 25.5. The fourth-order valence-electron chi connectivity index (χ4n) is 3.57. The number of aliphatic imine (C=N–C) groups is 1. The van der Waals surface area contributed by atoms with Gasteiger partial charge in [-0.15, -0.1) is 0 Å². The van der Waals surface area contributed by atoms with Crippen molar-refractivity contribution < 1.29 is 26.4 Å². The van der Waals surface area contributed by atoms with Gasteiger partial charge in [0.25, 0.3) is 0 Å². The maximum absolute atomic E-state index is 13.4. The number of hydrogen-bond donors (Lipinski definition) is 0. The number of nitrogens with zero attached hydrogens (tertiary/aromatic N) is 4. The molecule has 3 rings (SSSR count). The summed E-state index contributed by atoms with van der Waals surface area (Å²) < 4.78 is 67.0. The minimum Gasteiger partial charge on any atom is -0.273 e. The molecule has 1 aromatic carbocycles. The Morgan fingerprint density at radius 1 is 1.21 bits per heavy atom. The van der Waals surface area contributed by atoms with Crippen LogP contribution in [-0.4, -0.2) is 46.9 Å². The minimum absolute atomic E-state index is 0.114. The maximum atomic E-state index is 13.4. The monoisotopic (exact) mass is 524 g/mol. The Kier molecular flexibility index (Phi) is 7.16. The predicted octanol–water partition coefficient (Wildman–Crippen LogP) is 5.11. The van der Waals surface area contributed by atoms with Gasteiger partial charge < -0.3 is 0 Å². The van der Waals surface area contributed by atoms with E-state index in [4.69, 9.17) is 23.2 Å². The molecule has 1 aromatic heterocycles. The van der Waals surface area contributed by atoms with Crippen molar-refractivity contribution >= 4 is 50.7 Å². The highest BCUT2D eigenvalue weighted by Gasteiger charge is 2.44. The zero-order valence-electron chi connectivity index (χ0n) is 17.9. The lowest BCUT2D eigenvalue weighted by atomic mass is 9.87. The van der Waals surface area contributed by atoms with Crippen LogP contribution in [0, 0.1) is 5.92 Å². The highest BCUT2D eigenvalue weighted by atomic mass is 35.5. The molecule has 13 heteroatoms. The molecule has 2 aromatic rings. The van der Waals surface area contributed by atoms with Crippen molar-refractivity contribution in [3.05, 3.63) is 45.6 Å². The van der Waals surface area contributed by atoms with E-state index >= 15 is 0 Å². The fraction of sp³-hybridized carbons (Fsp3) is 0.450. The Labute approximate surface area is 199 Å². The number of rotatable bonds is 6. The number of alkyl halides is 3. The molecule has 33 heavy (non-hydrogen) atoms. The summed E-state index contributed by atoms with van der Waals surface area (Å²) in [5.41, 5.74) is -0.708. The van der Waals surface area contributed by atoms with Crippen LogP contribution >= 0.6 is 23.2 Å². The van der Waals surface area contributed by atoms with E-state index in [1.54, 1.807) is 0 Å². The lowest BCUT2D eigenvalue weighted by Gasteiger charge is -2.33. The number of unbranched alkanes of at least 4 members (excludes halogenated alkanes) is 1. The second kappa shape index (κ2) is 9.27. The van der Waals surface area contributed by atoms with Crippen molar-refractivity contribution in [2.75, 3.05) is 12.8 Å². The lowest BCUT2D eigenvalue weighted by molar-refractivity contribution is -0.141. The van der Waals surface area contributed by atoms with Crippen molar-refractivity contribution in [3.63, 3.8) is 0 Å². The normalized spacial score (nSPS) is 18.6. The Morgan fingerprint density at radius 2 is 1.88 bits per heavy atom. The Bertz CT molecular complexity index is 1210. The highest BCUT2D eigenvalue weighted by molar-refractivity contribution is 7.89. The van der Waals surface area contributed by atoms with Crippen LogP contribution in [0.25, 0.3) is 0 Å². The zero-order valence-corrected chi connectivity index (χ0v) is 20.2. The quantitative estimate of drug-likeness (QED) is 0.525. The van der Waals surface area contributed by atoms with E-state index in [0.717, 1.165) is 17.8 Å². The molecule has 0 radical (unpaired) electrons. The molecule has 7 nitrogen and oxygen atoms in total. The number of fused-ring (bicyclic) bond motifs is 1. The molecule has 1 amide bonds. The predicted molar refractivity (Wildman–Crippen MR) is 120 cm³/mol. The van der Waals surface area contributed by atoms with Crippen molar-refractivity contribution in [1.82, 2.24) is 14.1 Å². The van der Waals surface area contributed by atoms with Crippen LogP contribution in [0.15, 0.2) is 29.3 Å². The highest BCUT2D eigenvalue weighted by Crippen LogP contribution is 2.41. The van der Waals surface area contributed by atoms with Gasteiger partial charge in [-0.25, -0.2) is 22.4 Å². The molecule has 0 saturated carbocycles. The van der Waals surface area contributed by atoms with Gasteiger partial charge in [0.2, 0.25) is 15.9 Å². The summed E-state index contributed by atoms with van der Waals surface area (Å²) >= 11 is 12.1. The molecule has 0 bridgehead atoms. The smallest absolute Gasteiger partial charge is 0.273 e. The summed E-state index contributed by atoms with van der Waals surface area (Å²) in [7, 11) is -2.81. The number of aromatic nitrogens is 2. The number of halogens is 5. The molecule has 2 heterocycles. The summed E-state index contributed by atoms with van der Waals surface area (Å²) in [5, 5.41) is 3.99. The van der Waals surface area contributed by atoms with Gasteiger partial charge in [-0.3, -0.25) is 4.79 Å². The molecule has 2 unspecified atom stereocenters. The molecule has 2 atom stereocenters. The van der Waals surface area contributed by atoms with Crippen LogP contribution in [0.5, 0.6) is 0 Å². The molecule has 0 saturated heterocycles. The lowest BCUT2D eigenvalue weighted by Crippen LogP contribution is -2.46. The molecule has 0 aliphatic carbocycles. The van der Waals surface area contributed by atoms with Gasteiger partial charge in [0.15, 0.2) is 11.5 Å². The molecule has 0 spiro atoms. The minimum atomic E-state index is -4.74. The average molecular weight is 525 g/mol. The second-order valence-electron chi connectivity index (χ2n) is 7.65. The molecule has 180 valence electrons. The van der Waals surface area contributed by atoms with Gasteiger partial charge in [0.05, 0.1) is 21.8 Å². The molecule has 1 aliphatic heterocycles. The molecule has 0 fully saturated rings. The first-order valence-electron chi connectivity index (χ1n) is 9.95. The number of sulfonamides is 1. The third kappa shape index (κ3) is 5.04. The van der Waals surface area contributed by atoms with E-state index in [-0.39, 0.29) is 27.3 Å². The third-order valence-corrected chi connectivity index (χ3v) is 7.92. The SMILES string of the molecule is CCCCS(=O)(=O)N(C)C(=O)C1C(C)=Nc2cc(C(F)(F)F)nn2C1c1ccc(Cl)c(Cl)c1. The topological polar surface area (TPSA) is 84.6 Å². The summed E-state index contributed by atoms with van der Waals surface area (Å²) in [5.74, 6) is -2.43. The first-order valence-corrected chi connectivity index (χ1v) is 12.3. The van der Waals surface area contributed by atoms with Crippen LogP contribution in [-0.2, 0) is 21.0 Å². The van der Waals surface area contributed by atoms with Crippen LogP contribution in [0.3, 0.4) is 0 Å². The number of carbonyl (C=O) groups is 1. The third-order valence-electron chi connectivity index (χ3n) is 5.36. The van der Waals surface area contributed by atoms with Crippen molar-refractivity contribution in [3.8, 4) is 0 Å². The molecular formula is C20H21Cl2F3N4O3S. The molecular weight excluding hydrogens is 504 g/mol. The summed E-state index contributed by atoms with van der Waals surface area (Å²) in [6.07, 6.45) is -3.78. The average Bonchev–Trinajstić information content (AvgIpc) is 3.16. The van der Waals surface area contributed by atoms with E-state index in [1.807, 2.05) is 6.92 Å². The number of hydrogen-bond acceptors (Lipinski definition) is 5. The van der Waals surface area contributed by atoms with Crippen molar-refractivity contribution in [2.45, 2.75) is 38.9 Å². The van der Waals surface area contributed by atoms with E-state index in [2.05, 4.69) is 10.1 Å². The fourth-order valence-corrected chi connectivity index (χ4v) is 5.19. The maximum Gasteiger partial charge on any atom is 0.435 e. The Morgan fingerprint density at radius 3 is 2.45 bits per heavy atom. The van der Waals surface area contributed by atoms with Gasteiger partial charge in [-0.2, -0.15) is 18.3 Å². The van der Waals surface area contributed by atoms with Crippen LogP contribution in [0.2, 0.25) is 10.0 Å². The van der Waals surface area contributed by atoms with Crippen LogP contribution in [0.4, 0.5) is 19.0 Å². The summed E-state index contributed by atoms with van der Waals surface area (Å²) in [6, 6.07) is 4.01. The standard InChI is InChI=1S/C20H21Cl2F3N4O3S/c1-4-5-8-33(31,32)28(3)19(30)17-11(2)26-16-10-15(20(23,24)25)27-29(16)18(17)12-6-7-13(21)14(22)9-12/h6-7,9-10,17-18H,4-5,8H2,1-3H3. The van der Waals surface area contributed by atoms with Crippen molar-refractivity contribution in [1.29, 1.82) is 0 Å². The number of benzene rings is 1. The van der Waals surface area contributed by atoms with E-state index < -0.39 is 39.8 Å². The second-order valence-corrected chi connectivity index (χ2v) is 10.6. The molecule has 1 aliphatic rings. The summed E-state index contributed by atoms with van der Waals surface area (Å²) in [6.45, 7) is 3.27. The van der Waals surface area contributed by atoms with Gasteiger partial charge in [0, 0.05) is 18.8 Å². The number of carbonyl (C=O) groups excluding carboxylic acids is 1. The first-order chi connectivity index (χ1) is 15.3. The van der Waals surface area contributed by atoms with E-state index in [0.29, 0.717) is 22.7 Å². The Balaban J connectivity index is 2.16. The summed E-state index contributed by atoms with van der Waals surface area (Å²) in [4.78, 5) is 17.6. The largest absolute Gasteiger partial charge is 0.435 e. The zero-order chi connectivity index (χ0) is 24.7. The molecule has 0 N–H and O–H groups in total. The van der Waals surface area contributed by atoms with Gasteiger partial charge >= 0.3 is 6.18 Å². The Hall–Kier alpha value is -2.11.